The summed E-state index contributed by atoms with van der Waals surface area (Å²) in [6.45, 7) is 0. The molecular formula is C16H13N. The second kappa shape index (κ2) is 4.30. The summed E-state index contributed by atoms with van der Waals surface area (Å²) < 4.78 is 0. The van der Waals surface area contributed by atoms with Crippen LogP contribution in [0.25, 0.3) is 23.1 Å². The van der Waals surface area contributed by atoms with Crippen LogP contribution in [0.3, 0.4) is 0 Å². The van der Waals surface area contributed by atoms with Crippen molar-refractivity contribution in [1.29, 1.82) is 0 Å². The highest BCUT2D eigenvalue weighted by Crippen LogP contribution is 2.19. The second-order valence-corrected chi connectivity index (χ2v) is 4.03. The van der Waals surface area contributed by atoms with Crippen LogP contribution < -0.4 is 0 Å². The fourth-order valence-electron chi connectivity index (χ4n) is 2.00. The Bertz CT molecular complexity index is 647. The minimum atomic E-state index is 1.19. The van der Waals surface area contributed by atoms with E-state index in [4.69, 9.17) is 0 Å². The Morgan fingerprint density at radius 1 is 0.765 bits per heavy atom. The molecule has 0 fully saturated rings. The Morgan fingerprint density at radius 3 is 2.53 bits per heavy atom. The van der Waals surface area contributed by atoms with Gasteiger partial charge in [-0.15, -0.1) is 0 Å². The zero-order valence-electron chi connectivity index (χ0n) is 9.43. The first-order chi connectivity index (χ1) is 8.43. The number of hydrogen-bond donors (Lipinski definition) is 1. The predicted octanol–water partition coefficient (Wildman–Crippen LogP) is 4.34. The van der Waals surface area contributed by atoms with Gasteiger partial charge < -0.3 is 4.98 Å². The van der Waals surface area contributed by atoms with Gasteiger partial charge in [0.05, 0.1) is 5.52 Å². The van der Waals surface area contributed by atoms with Gasteiger partial charge in [0.25, 0.3) is 0 Å². The van der Waals surface area contributed by atoms with Gasteiger partial charge in [-0.1, -0.05) is 60.7 Å². The molecule has 0 aliphatic heterocycles. The average Bonchev–Trinajstić information content (AvgIpc) is 2.86. The molecule has 82 valence electrons. The van der Waals surface area contributed by atoms with Gasteiger partial charge in [0.2, 0.25) is 0 Å². The maximum Gasteiger partial charge on any atom is 0.0527 e. The van der Waals surface area contributed by atoms with Crippen molar-refractivity contribution in [3.8, 4) is 0 Å². The van der Waals surface area contributed by atoms with E-state index in [2.05, 4.69) is 65.7 Å². The molecule has 0 saturated carbocycles. The summed E-state index contributed by atoms with van der Waals surface area (Å²) >= 11 is 0. The first-order valence-corrected chi connectivity index (χ1v) is 5.73. The highest BCUT2D eigenvalue weighted by atomic mass is 14.7. The van der Waals surface area contributed by atoms with Crippen LogP contribution in [0.4, 0.5) is 0 Å². The topological polar surface area (TPSA) is 15.8 Å². The molecule has 0 aliphatic carbocycles. The lowest BCUT2D eigenvalue weighted by Crippen LogP contribution is -1.76. The van der Waals surface area contributed by atoms with Crippen molar-refractivity contribution in [3.05, 3.63) is 71.9 Å². The van der Waals surface area contributed by atoms with Gasteiger partial charge in [0, 0.05) is 6.20 Å². The Balaban J connectivity index is 2.00. The summed E-state index contributed by atoms with van der Waals surface area (Å²) in [4.78, 5) is 3.27. The normalized spacial score (nSPS) is 11.3. The van der Waals surface area contributed by atoms with Gasteiger partial charge in [-0.3, -0.25) is 0 Å². The van der Waals surface area contributed by atoms with Crippen molar-refractivity contribution in [2.45, 2.75) is 0 Å². The van der Waals surface area contributed by atoms with Gasteiger partial charge in [-0.05, 0) is 22.6 Å². The lowest BCUT2D eigenvalue weighted by Gasteiger charge is -1.97. The molecule has 2 aromatic carbocycles. The standard InChI is InChI=1S/C16H13N/c1-2-5-13(6-3-1)9-10-14-7-4-8-15-11-12-17-16(14)15/h1-12,17H/b10-9+. The van der Waals surface area contributed by atoms with Crippen molar-refractivity contribution in [2.75, 3.05) is 0 Å². The predicted molar refractivity (Wildman–Crippen MR) is 73.7 cm³/mol. The van der Waals surface area contributed by atoms with E-state index in [1.54, 1.807) is 0 Å². The highest BCUT2D eigenvalue weighted by molar-refractivity contribution is 5.90. The quantitative estimate of drug-likeness (QED) is 0.617. The van der Waals surface area contributed by atoms with Crippen LogP contribution in [-0.2, 0) is 0 Å². The second-order valence-electron chi connectivity index (χ2n) is 4.03. The molecular weight excluding hydrogens is 206 g/mol. The maximum absolute atomic E-state index is 3.27. The molecule has 0 spiro atoms. The summed E-state index contributed by atoms with van der Waals surface area (Å²) in [6, 6.07) is 18.8. The third-order valence-corrected chi connectivity index (χ3v) is 2.87. The number of H-pyrrole nitrogens is 1. The number of aromatic amines is 1. The molecule has 0 saturated heterocycles. The van der Waals surface area contributed by atoms with Crippen LogP contribution in [0.2, 0.25) is 0 Å². The molecule has 1 aromatic heterocycles. The zero-order valence-corrected chi connectivity index (χ0v) is 9.43. The molecule has 0 atom stereocenters. The minimum absolute atomic E-state index is 1.19. The number of hydrogen-bond acceptors (Lipinski definition) is 0. The average molecular weight is 219 g/mol. The first-order valence-electron chi connectivity index (χ1n) is 5.73. The number of fused-ring (bicyclic) bond motifs is 1. The van der Waals surface area contributed by atoms with E-state index in [9.17, 15) is 0 Å². The van der Waals surface area contributed by atoms with Crippen LogP contribution in [0, 0.1) is 0 Å². The number of nitrogens with one attached hydrogen (secondary N) is 1. The van der Waals surface area contributed by atoms with Crippen LogP contribution in [0.15, 0.2) is 60.8 Å². The van der Waals surface area contributed by atoms with Crippen LogP contribution in [0.5, 0.6) is 0 Å². The van der Waals surface area contributed by atoms with Crippen molar-refractivity contribution >= 4 is 23.1 Å². The number of rotatable bonds is 2. The molecule has 1 nitrogen and oxygen atoms in total. The molecule has 3 rings (SSSR count). The van der Waals surface area contributed by atoms with Crippen molar-refractivity contribution < 1.29 is 0 Å². The van der Waals surface area contributed by atoms with E-state index >= 15 is 0 Å². The third-order valence-electron chi connectivity index (χ3n) is 2.87. The Morgan fingerprint density at radius 2 is 1.65 bits per heavy atom. The van der Waals surface area contributed by atoms with Crippen LogP contribution in [-0.4, -0.2) is 4.98 Å². The molecule has 0 bridgehead atoms. The summed E-state index contributed by atoms with van der Waals surface area (Å²) in [5.41, 5.74) is 3.63. The number of aromatic nitrogens is 1. The monoisotopic (exact) mass is 219 g/mol. The van der Waals surface area contributed by atoms with Crippen molar-refractivity contribution in [2.24, 2.45) is 0 Å². The molecule has 0 unspecified atom stereocenters. The lowest BCUT2D eigenvalue weighted by molar-refractivity contribution is 1.47. The lowest BCUT2D eigenvalue weighted by atomic mass is 10.1. The highest BCUT2D eigenvalue weighted by Gasteiger charge is 1.97. The SMILES string of the molecule is C(=C\c1cccc2cc[nH]c12)/c1ccccc1. The first kappa shape index (κ1) is 9.91. The summed E-state index contributed by atoms with van der Waals surface area (Å²) in [5, 5.41) is 1.25. The van der Waals surface area contributed by atoms with Crippen molar-refractivity contribution in [1.82, 2.24) is 4.98 Å². The smallest absolute Gasteiger partial charge is 0.0527 e. The molecule has 0 radical (unpaired) electrons. The number of benzene rings is 2. The van der Waals surface area contributed by atoms with E-state index in [1.165, 1.54) is 22.0 Å². The Hall–Kier alpha value is -2.28. The zero-order chi connectivity index (χ0) is 11.5. The van der Waals surface area contributed by atoms with Gasteiger partial charge >= 0.3 is 0 Å². The fraction of sp³-hybridized carbons (Fsp3) is 0. The van der Waals surface area contributed by atoms with Gasteiger partial charge in [-0.2, -0.15) is 0 Å². The van der Waals surface area contributed by atoms with E-state index in [0.717, 1.165) is 0 Å². The van der Waals surface area contributed by atoms with Crippen LogP contribution >= 0.6 is 0 Å². The molecule has 17 heavy (non-hydrogen) atoms. The molecule has 1 heteroatoms. The Labute approximate surface area is 100 Å². The van der Waals surface area contributed by atoms with Crippen molar-refractivity contribution in [3.63, 3.8) is 0 Å². The largest absolute Gasteiger partial charge is 0.361 e. The summed E-state index contributed by atoms with van der Waals surface area (Å²) in [7, 11) is 0. The van der Waals surface area contributed by atoms with E-state index in [-0.39, 0.29) is 0 Å². The van der Waals surface area contributed by atoms with Crippen LogP contribution in [0.1, 0.15) is 11.1 Å². The van der Waals surface area contributed by atoms with Gasteiger partial charge in [0.15, 0.2) is 0 Å². The summed E-state index contributed by atoms with van der Waals surface area (Å²) in [5.74, 6) is 0. The number of para-hydroxylation sites is 1. The molecule has 0 aliphatic rings. The minimum Gasteiger partial charge on any atom is -0.361 e. The molecule has 1 heterocycles. The van der Waals surface area contributed by atoms with E-state index in [0.29, 0.717) is 0 Å². The maximum atomic E-state index is 3.27. The Kier molecular flexibility index (Phi) is 2.51. The molecule has 0 amide bonds. The summed E-state index contributed by atoms with van der Waals surface area (Å²) in [6.07, 6.45) is 6.26. The van der Waals surface area contributed by atoms with E-state index < -0.39 is 0 Å². The van der Waals surface area contributed by atoms with Gasteiger partial charge in [-0.25, -0.2) is 0 Å². The third kappa shape index (κ3) is 2.00. The fourth-order valence-corrected chi connectivity index (χ4v) is 2.00. The van der Waals surface area contributed by atoms with Gasteiger partial charge in [0.1, 0.15) is 0 Å². The molecule has 1 N–H and O–H groups in total. The molecule has 3 aromatic rings. The van der Waals surface area contributed by atoms with E-state index in [1.807, 2.05) is 12.3 Å².